The van der Waals surface area contributed by atoms with Crippen LogP contribution in [-0.2, 0) is 0 Å². The van der Waals surface area contributed by atoms with Gasteiger partial charge in [0, 0.05) is 11.5 Å². The Bertz CT molecular complexity index is 447. The Morgan fingerprint density at radius 3 is 2.35 bits per heavy atom. The van der Waals surface area contributed by atoms with Crippen LogP contribution in [0.2, 0.25) is 18.1 Å². The van der Waals surface area contributed by atoms with E-state index < -0.39 is 8.32 Å². The van der Waals surface area contributed by atoms with Gasteiger partial charge >= 0.3 is 0 Å². The summed E-state index contributed by atoms with van der Waals surface area (Å²) in [6.45, 7) is 17.1. The summed E-state index contributed by atoms with van der Waals surface area (Å²) in [5.74, 6) is 3.78. The molecule has 132 valence electrons. The molecule has 1 N–H and O–H groups in total. The molecule has 0 aromatic heterocycles. The van der Waals surface area contributed by atoms with Crippen molar-refractivity contribution < 1.29 is 4.80 Å². The van der Waals surface area contributed by atoms with Crippen molar-refractivity contribution in [2.24, 2.45) is 11.8 Å². The van der Waals surface area contributed by atoms with Gasteiger partial charge in [-0.3, -0.25) is 0 Å². The monoisotopic (exact) mass is 370 g/mol. The van der Waals surface area contributed by atoms with E-state index in [0.717, 1.165) is 12.8 Å². The lowest BCUT2D eigenvalue weighted by Crippen LogP contribution is -2.42. The summed E-state index contributed by atoms with van der Waals surface area (Å²) in [6, 6.07) is 0. The normalized spacial score (nSPS) is 28.3. The quantitative estimate of drug-likeness (QED) is 0.452. The lowest BCUT2D eigenvalue weighted by atomic mass is 9.72. The molecular weight excluding hydrogens is 336 g/mol. The minimum absolute atomic E-state index is 0.0378. The first-order valence-electron chi connectivity index (χ1n) is 8.90. The smallest absolute Gasteiger partial charge is 0.188 e. The fourth-order valence-electron chi connectivity index (χ4n) is 3.84. The van der Waals surface area contributed by atoms with Crippen molar-refractivity contribution in [2.45, 2.75) is 68.2 Å². The molecular formula is C19H34OS2Si. The van der Waals surface area contributed by atoms with Gasteiger partial charge in [0.1, 0.15) is 0 Å². The second-order valence-corrected chi connectivity index (χ2v) is 16.2. The summed E-state index contributed by atoms with van der Waals surface area (Å²) >= 11 is 4.37. The fourth-order valence-corrected chi connectivity index (χ4v) is 8.10. The van der Waals surface area contributed by atoms with Crippen molar-refractivity contribution in [3.05, 3.63) is 24.8 Å². The van der Waals surface area contributed by atoms with Gasteiger partial charge in [0.25, 0.3) is 0 Å². The van der Waals surface area contributed by atoms with E-state index in [1.54, 1.807) is 0 Å². The van der Waals surface area contributed by atoms with Gasteiger partial charge in [-0.15, -0.1) is 30.1 Å². The fraction of sp³-hybridized carbons (Fsp3) is 0.789. The molecule has 2 rings (SSSR count). The summed E-state index contributed by atoms with van der Waals surface area (Å²) in [5.41, 5.74) is 1.46. The van der Waals surface area contributed by atoms with Crippen LogP contribution in [-0.4, -0.2) is 28.7 Å². The Kier molecular flexibility index (Phi) is 6.25. The predicted octanol–water partition coefficient (Wildman–Crippen LogP) is 6.08. The maximum Gasteiger partial charge on any atom is 0.188 e. The molecule has 23 heavy (non-hydrogen) atoms. The standard InChI is InChI=1S/C19H34OS2Si/c1-7-8-9-16-13-19(21-10-11-22-19)14-17(15(16)2)12-18(3,4)23(5,6)20/h7,16-17,20H,1-2,8-14H2,3-6H3/t16-,17-/m1/s1. The zero-order valence-corrected chi connectivity index (χ0v) is 18.0. The Morgan fingerprint density at radius 2 is 1.83 bits per heavy atom. The Balaban J connectivity index is 2.18. The van der Waals surface area contributed by atoms with Crippen LogP contribution in [0, 0.1) is 11.8 Å². The average Bonchev–Trinajstić information content (AvgIpc) is 2.87. The van der Waals surface area contributed by atoms with Crippen molar-refractivity contribution in [2.75, 3.05) is 11.5 Å². The first-order chi connectivity index (χ1) is 10.6. The minimum atomic E-state index is -2.17. The lowest BCUT2D eigenvalue weighted by molar-refractivity contribution is 0.302. The van der Waals surface area contributed by atoms with Gasteiger partial charge in [0.15, 0.2) is 8.32 Å². The summed E-state index contributed by atoms with van der Waals surface area (Å²) < 4.78 is 0.412. The summed E-state index contributed by atoms with van der Waals surface area (Å²) in [6.07, 6.45) is 7.96. The highest BCUT2D eigenvalue weighted by Gasteiger charge is 2.48. The van der Waals surface area contributed by atoms with Crippen LogP contribution in [0.1, 0.15) is 46.0 Å². The highest BCUT2D eigenvalue weighted by atomic mass is 32.2. The molecule has 1 aliphatic heterocycles. The lowest BCUT2D eigenvalue weighted by Gasteiger charge is -2.47. The molecule has 2 fully saturated rings. The molecule has 1 nitrogen and oxygen atoms in total. The average molecular weight is 371 g/mol. The van der Waals surface area contributed by atoms with E-state index in [0.29, 0.717) is 15.9 Å². The van der Waals surface area contributed by atoms with Gasteiger partial charge in [-0.2, -0.15) is 0 Å². The first kappa shape index (κ1) is 19.7. The maximum atomic E-state index is 10.7. The molecule has 4 heteroatoms. The van der Waals surface area contributed by atoms with Crippen LogP contribution in [0.3, 0.4) is 0 Å². The Morgan fingerprint density at radius 1 is 1.26 bits per heavy atom. The van der Waals surface area contributed by atoms with Crippen LogP contribution >= 0.6 is 23.5 Å². The van der Waals surface area contributed by atoms with E-state index in [-0.39, 0.29) is 5.04 Å². The minimum Gasteiger partial charge on any atom is -0.432 e. The molecule has 0 aromatic carbocycles. The molecule has 1 saturated carbocycles. The second-order valence-electron chi connectivity index (χ2n) is 8.50. The topological polar surface area (TPSA) is 20.2 Å². The highest BCUT2D eigenvalue weighted by molar-refractivity contribution is 8.21. The van der Waals surface area contributed by atoms with Gasteiger partial charge in [0.2, 0.25) is 0 Å². The van der Waals surface area contributed by atoms with E-state index in [9.17, 15) is 4.80 Å². The SMILES string of the molecule is C=CCC[C@@H]1CC2(C[C@@H](CC(C)(C)[Si](C)(C)O)C1=C)SCCS2. The molecule has 2 aliphatic rings. The van der Waals surface area contributed by atoms with Crippen molar-refractivity contribution in [1.82, 2.24) is 0 Å². The summed E-state index contributed by atoms with van der Waals surface area (Å²) in [5, 5.41) is 0.0378. The van der Waals surface area contributed by atoms with Crippen LogP contribution in [0.5, 0.6) is 0 Å². The molecule has 2 atom stereocenters. The maximum absolute atomic E-state index is 10.7. The third-order valence-electron chi connectivity index (χ3n) is 6.11. The molecule has 1 aliphatic carbocycles. The number of hydrogen-bond acceptors (Lipinski definition) is 3. The molecule has 0 bridgehead atoms. The van der Waals surface area contributed by atoms with Gasteiger partial charge in [-0.25, -0.2) is 0 Å². The van der Waals surface area contributed by atoms with Crippen LogP contribution in [0.25, 0.3) is 0 Å². The third kappa shape index (κ3) is 4.50. The second kappa shape index (κ2) is 7.31. The number of thioether (sulfide) groups is 2. The molecule has 0 amide bonds. The van der Waals surface area contributed by atoms with Crippen molar-refractivity contribution in [1.29, 1.82) is 0 Å². The Hall–Kier alpha value is 0.357. The number of allylic oxidation sites excluding steroid dienone is 2. The molecule has 1 spiro atoms. The first-order valence-corrected chi connectivity index (χ1v) is 13.8. The summed E-state index contributed by atoms with van der Waals surface area (Å²) in [4.78, 5) is 10.7. The zero-order chi connectivity index (χ0) is 17.3. The Labute approximate surface area is 152 Å². The molecule has 1 heterocycles. The van der Waals surface area contributed by atoms with Crippen molar-refractivity contribution >= 4 is 31.8 Å². The van der Waals surface area contributed by atoms with Crippen molar-refractivity contribution in [3.8, 4) is 0 Å². The van der Waals surface area contributed by atoms with Crippen LogP contribution < -0.4 is 0 Å². The van der Waals surface area contributed by atoms with E-state index in [1.807, 2.05) is 6.08 Å². The highest BCUT2D eigenvalue weighted by Crippen LogP contribution is 2.60. The van der Waals surface area contributed by atoms with Crippen molar-refractivity contribution in [3.63, 3.8) is 0 Å². The third-order valence-corrected chi connectivity index (χ3v) is 13.1. The molecule has 0 aromatic rings. The largest absolute Gasteiger partial charge is 0.432 e. The van der Waals surface area contributed by atoms with Gasteiger partial charge in [-0.05, 0) is 62.1 Å². The molecule has 0 radical (unpaired) electrons. The van der Waals surface area contributed by atoms with E-state index >= 15 is 0 Å². The van der Waals surface area contributed by atoms with E-state index in [2.05, 4.69) is 63.6 Å². The molecule has 0 unspecified atom stereocenters. The molecule has 1 saturated heterocycles. The van der Waals surface area contributed by atoms with Gasteiger partial charge < -0.3 is 4.80 Å². The predicted molar refractivity (Wildman–Crippen MR) is 111 cm³/mol. The van der Waals surface area contributed by atoms with E-state index in [1.165, 1.54) is 36.3 Å². The van der Waals surface area contributed by atoms with Gasteiger partial charge in [0.05, 0.1) is 4.08 Å². The van der Waals surface area contributed by atoms with Crippen LogP contribution in [0.15, 0.2) is 24.8 Å². The number of rotatable bonds is 6. The zero-order valence-electron chi connectivity index (χ0n) is 15.4. The van der Waals surface area contributed by atoms with Gasteiger partial charge in [-0.1, -0.05) is 32.1 Å². The number of hydrogen-bond donors (Lipinski definition) is 1. The summed E-state index contributed by atoms with van der Waals surface area (Å²) in [7, 11) is -2.17. The van der Waals surface area contributed by atoms with Crippen LogP contribution in [0.4, 0.5) is 0 Å². The van der Waals surface area contributed by atoms with E-state index in [4.69, 9.17) is 0 Å².